The molecule has 0 unspecified atom stereocenters. The lowest BCUT2D eigenvalue weighted by Crippen LogP contribution is -2.58. The third kappa shape index (κ3) is 3.88. The number of hydrogen-bond acceptors (Lipinski definition) is 4. The van der Waals surface area contributed by atoms with Gasteiger partial charge in [-0.2, -0.15) is 0 Å². The number of carbonyl (C=O) groups excluding carboxylic acids is 2. The van der Waals surface area contributed by atoms with Crippen molar-refractivity contribution in [3.05, 3.63) is 65.2 Å². The zero-order valence-electron chi connectivity index (χ0n) is 14.4. The van der Waals surface area contributed by atoms with Gasteiger partial charge in [-0.3, -0.25) is 14.6 Å². The summed E-state index contributed by atoms with van der Waals surface area (Å²) in [6.45, 7) is 2.31. The van der Waals surface area contributed by atoms with Crippen LogP contribution in [0.25, 0.3) is 0 Å². The molecule has 7 heteroatoms. The molecule has 3 rings (SSSR count). The number of hydrogen-bond donors (Lipinski definition) is 1. The molecule has 0 radical (unpaired) electrons. The molecule has 1 aliphatic heterocycles. The zero-order valence-corrected chi connectivity index (χ0v) is 14.4. The van der Waals surface area contributed by atoms with Crippen LogP contribution in [0.4, 0.5) is 4.39 Å². The number of morpholine rings is 1. The van der Waals surface area contributed by atoms with E-state index in [9.17, 15) is 14.0 Å². The van der Waals surface area contributed by atoms with Crippen LogP contribution in [-0.2, 0) is 16.0 Å². The first-order valence-electron chi connectivity index (χ1n) is 8.30. The molecule has 1 atom stereocenters. The Kier molecular flexibility index (Phi) is 4.99. The van der Waals surface area contributed by atoms with Crippen LogP contribution in [0.2, 0.25) is 0 Å². The topological polar surface area (TPSA) is 85.5 Å². The molecule has 2 aromatic rings. The highest BCUT2D eigenvalue weighted by molar-refractivity contribution is 5.95. The molecule has 2 heterocycles. The summed E-state index contributed by atoms with van der Waals surface area (Å²) in [5.41, 5.74) is 6.14. The quantitative estimate of drug-likeness (QED) is 0.899. The normalized spacial score (nSPS) is 20.0. The standard InChI is InChI=1S/C19H20FN3O3/c1-19(18(21)25)12-23(7-8-26-19)17(24)14-5-6-16(22-11-14)10-13-3-2-4-15(20)9-13/h2-6,9,11H,7-8,10,12H2,1H3,(H2,21,25)/t19-/m1/s1. The second-order valence-electron chi connectivity index (χ2n) is 6.52. The van der Waals surface area contributed by atoms with Gasteiger partial charge >= 0.3 is 0 Å². The average Bonchev–Trinajstić information content (AvgIpc) is 2.62. The van der Waals surface area contributed by atoms with Crippen molar-refractivity contribution in [1.82, 2.24) is 9.88 Å². The van der Waals surface area contributed by atoms with Crippen LogP contribution >= 0.6 is 0 Å². The fourth-order valence-corrected chi connectivity index (χ4v) is 2.89. The van der Waals surface area contributed by atoms with Crippen LogP contribution in [0.5, 0.6) is 0 Å². The maximum atomic E-state index is 13.3. The number of nitrogens with zero attached hydrogens (tertiary/aromatic N) is 2. The SMILES string of the molecule is C[C@]1(C(N)=O)CN(C(=O)c2ccc(Cc3cccc(F)c3)nc2)CCO1. The van der Waals surface area contributed by atoms with Crippen LogP contribution in [-0.4, -0.2) is 47.0 Å². The molecule has 1 aromatic heterocycles. The predicted molar refractivity (Wildman–Crippen MR) is 92.9 cm³/mol. The van der Waals surface area contributed by atoms with Gasteiger partial charge in [-0.15, -0.1) is 0 Å². The zero-order chi connectivity index (χ0) is 18.7. The van der Waals surface area contributed by atoms with Gasteiger partial charge < -0.3 is 15.4 Å². The van der Waals surface area contributed by atoms with Gasteiger partial charge in [0, 0.05) is 24.9 Å². The first-order valence-corrected chi connectivity index (χ1v) is 8.30. The van der Waals surface area contributed by atoms with Gasteiger partial charge in [-0.1, -0.05) is 12.1 Å². The summed E-state index contributed by atoms with van der Waals surface area (Å²) in [7, 11) is 0. The van der Waals surface area contributed by atoms with E-state index in [1.807, 2.05) is 6.07 Å². The number of rotatable bonds is 4. The predicted octanol–water partition coefficient (Wildman–Crippen LogP) is 1.53. The summed E-state index contributed by atoms with van der Waals surface area (Å²) < 4.78 is 18.7. The minimum atomic E-state index is -1.18. The highest BCUT2D eigenvalue weighted by atomic mass is 19.1. The Balaban J connectivity index is 1.70. The van der Waals surface area contributed by atoms with E-state index in [1.165, 1.54) is 23.2 Å². The summed E-state index contributed by atoms with van der Waals surface area (Å²) in [6.07, 6.45) is 1.97. The monoisotopic (exact) mass is 357 g/mol. The smallest absolute Gasteiger partial charge is 0.255 e. The van der Waals surface area contributed by atoms with Gasteiger partial charge in [-0.25, -0.2) is 4.39 Å². The first-order chi connectivity index (χ1) is 12.4. The van der Waals surface area contributed by atoms with Crippen molar-refractivity contribution in [3.63, 3.8) is 0 Å². The number of ether oxygens (including phenoxy) is 1. The molecule has 1 saturated heterocycles. The third-order valence-electron chi connectivity index (χ3n) is 4.43. The number of aromatic nitrogens is 1. The van der Waals surface area contributed by atoms with Crippen LogP contribution in [0.15, 0.2) is 42.6 Å². The van der Waals surface area contributed by atoms with E-state index in [4.69, 9.17) is 10.5 Å². The highest BCUT2D eigenvalue weighted by Gasteiger charge is 2.39. The van der Waals surface area contributed by atoms with Gasteiger partial charge in [-0.05, 0) is 36.8 Å². The van der Waals surface area contributed by atoms with E-state index >= 15 is 0 Å². The third-order valence-corrected chi connectivity index (χ3v) is 4.43. The molecule has 2 N–H and O–H groups in total. The van der Waals surface area contributed by atoms with Crippen molar-refractivity contribution in [3.8, 4) is 0 Å². The summed E-state index contributed by atoms with van der Waals surface area (Å²) in [6, 6.07) is 9.74. The Morgan fingerprint density at radius 1 is 1.35 bits per heavy atom. The number of primary amides is 1. The molecule has 1 aromatic carbocycles. The second kappa shape index (κ2) is 7.21. The highest BCUT2D eigenvalue weighted by Crippen LogP contribution is 2.19. The van der Waals surface area contributed by atoms with Crippen LogP contribution < -0.4 is 5.73 Å². The number of amides is 2. The molecule has 6 nitrogen and oxygen atoms in total. The van der Waals surface area contributed by atoms with Gasteiger partial charge in [0.15, 0.2) is 5.60 Å². The van der Waals surface area contributed by atoms with E-state index in [0.29, 0.717) is 18.5 Å². The largest absolute Gasteiger partial charge is 0.367 e. The summed E-state index contributed by atoms with van der Waals surface area (Å²) >= 11 is 0. The minimum Gasteiger partial charge on any atom is -0.367 e. The molecule has 0 aliphatic carbocycles. The van der Waals surface area contributed by atoms with Gasteiger partial charge in [0.25, 0.3) is 11.8 Å². The summed E-state index contributed by atoms with van der Waals surface area (Å²) in [5.74, 6) is -1.12. The fraction of sp³-hybridized carbons (Fsp3) is 0.316. The lowest BCUT2D eigenvalue weighted by Gasteiger charge is -2.38. The second-order valence-corrected chi connectivity index (χ2v) is 6.52. The first kappa shape index (κ1) is 18.0. The molecule has 1 aliphatic rings. The molecule has 2 amide bonds. The lowest BCUT2D eigenvalue weighted by atomic mass is 10.0. The lowest BCUT2D eigenvalue weighted by molar-refractivity contribution is -0.150. The Morgan fingerprint density at radius 2 is 2.15 bits per heavy atom. The van der Waals surface area contributed by atoms with E-state index in [0.717, 1.165) is 11.3 Å². The van der Waals surface area contributed by atoms with Crippen molar-refractivity contribution in [2.24, 2.45) is 5.73 Å². The van der Waals surface area contributed by atoms with Crippen molar-refractivity contribution < 1.29 is 18.7 Å². The molecule has 136 valence electrons. The number of carbonyl (C=O) groups is 2. The van der Waals surface area contributed by atoms with Crippen molar-refractivity contribution in [1.29, 1.82) is 0 Å². The van der Waals surface area contributed by atoms with Gasteiger partial charge in [0.1, 0.15) is 5.82 Å². The fourth-order valence-electron chi connectivity index (χ4n) is 2.89. The Morgan fingerprint density at radius 3 is 2.81 bits per heavy atom. The molecule has 0 bridgehead atoms. The number of halogens is 1. The van der Waals surface area contributed by atoms with Crippen molar-refractivity contribution >= 4 is 11.8 Å². The number of pyridine rings is 1. The minimum absolute atomic E-state index is 0.103. The Bertz CT molecular complexity index is 825. The maximum Gasteiger partial charge on any atom is 0.255 e. The van der Waals surface area contributed by atoms with Crippen LogP contribution in [0.1, 0.15) is 28.5 Å². The van der Waals surface area contributed by atoms with Crippen molar-refractivity contribution in [2.75, 3.05) is 19.7 Å². The Hall–Kier alpha value is -2.80. The van der Waals surface area contributed by atoms with E-state index < -0.39 is 11.5 Å². The molecule has 1 fully saturated rings. The average molecular weight is 357 g/mol. The van der Waals surface area contributed by atoms with E-state index in [-0.39, 0.29) is 24.9 Å². The van der Waals surface area contributed by atoms with E-state index in [1.54, 1.807) is 25.1 Å². The van der Waals surface area contributed by atoms with Crippen LogP contribution in [0.3, 0.4) is 0 Å². The van der Waals surface area contributed by atoms with E-state index in [2.05, 4.69) is 4.98 Å². The maximum absolute atomic E-state index is 13.3. The van der Waals surface area contributed by atoms with Crippen molar-refractivity contribution in [2.45, 2.75) is 18.9 Å². The molecule has 26 heavy (non-hydrogen) atoms. The van der Waals surface area contributed by atoms with Crippen LogP contribution in [0, 0.1) is 5.82 Å². The summed E-state index contributed by atoms with van der Waals surface area (Å²) in [4.78, 5) is 30.0. The Labute approximate surface area is 150 Å². The van der Waals surface area contributed by atoms with Gasteiger partial charge in [0.05, 0.1) is 18.7 Å². The molecular weight excluding hydrogens is 337 g/mol. The van der Waals surface area contributed by atoms with Gasteiger partial charge in [0.2, 0.25) is 0 Å². The molecular formula is C19H20FN3O3. The summed E-state index contributed by atoms with van der Waals surface area (Å²) in [5, 5.41) is 0. The number of nitrogens with two attached hydrogens (primary N) is 1. The molecule has 0 saturated carbocycles. The molecule has 0 spiro atoms. The number of benzene rings is 1.